The molecule has 1 aliphatic rings. The molecule has 4 nitrogen and oxygen atoms in total. The van der Waals surface area contributed by atoms with Gasteiger partial charge in [-0.05, 0) is 47.9 Å². The summed E-state index contributed by atoms with van der Waals surface area (Å²) in [7, 11) is 1.65. The molecule has 0 spiro atoms. The maximum absolute atomic E-state index is 12.6. The fourth-order valence-electron chi connectivity index (χ4n) is 4.51. The fraction of sp³-hybridized carbons (Fsp3) is 0.333. The van der Waals surface area contributed by atoms with E-state index in [0.29, 0.717) is 24.8 Å². The van der Waals surface area contributed by atoms with Crippen LogP contribution >= 0.6 is 11.6 Å². The molecular weight excluding hydrogens is 422 g/mol. The molecule has 3 aromatic carbocycles. The number of halogens is 1. The molecule has 1 saturated heterocycles. The van der Waals surface area contributed by atoms with Crippen LogP contribution in [0.4, 0.5) is 0 Å². The Morgan fingerprint density at radius 3 is 2.31 bits per heavy atom. The van der Waals surface area contributed by atoms with Crippen LogP contribution in [0.1, 0.15) is 28.2 Å². The van der Waals surface area contributed by atoms with Crippen molar-refractivity contribution >= 4 is 11.6 Å². The van der Waals surface area contributed by atoms with Crippen molar-refractivity contribution < 1.29 is 14.6 Å². The van der Waals surface area contributed by atoms with E-state index < -0.39 is 5.60 Å². The molecule has 0 radical (unpaired) electrons. The normalized spacial score (nSPS) is 17.5. The summed E-state index contributed by atoms with van der Waals surface area (Å²) in [5.41, 5.74) is 2.61. The first-order valence-corrected chi connectivity index (χ1v) is 11.4. The standard InChI is InChI=1S/C27H30ClNO3/c1-20-4-3-5-23(18-20)27(30,22-8-12-25(31-2)13-9-22)26(19-29-14-16-32-17-15-29)21-6-10-24(28)11-7-21/h3-13,18,26,30H,14-17,19H2,1-2H3/t26-,27+/m0/s1. The number of hydrogen-bond donors (Lipinski definition) is 1. The Bertz CT molecular complexity index is 1020. The van der Waals surface area contributed by atoms with E-state index in [-0.39, 0.29) is 5.92 Å². The molecule has 0 aliphatic carbocycles. The van der Waals surface area contributed by atoms with E-state index in [1.54, 1.807) is 7.11 Å². The van der Waals surface area contributed by atoms with Gasteiger partial charge < -0.3 is 14.6 Å². The smallest absolute Gasteiger partial charge is 0.123 e. The van der Waals surface area contributed by atoms with Crippen LogP contribution in [0.3, 0.4) is 0 Å². The van der Waals surface area contributed by atoms with E-state index in [1.165, 1.54) is 0 Å². The molecule has 32 heavy (non-hydrogen) atoms. The molecule has 3 aromatic rings. The first-order chi connectivity index (χ1) is 15.5. The minimum absolute atomic E-state index is 0.215. The summed E-state index contributed by atoms with van der Waals surface area (Å²) in [6.45, 7) is 5.85. The van der Waals surface area contributed by atoms with E-state index in [4.69, 9.17) is 21.1 Å². The van der Waals surface area contributed by atoms with Crippen LogP contribution < -0.4 is 4.74 Å². The van der Waals surface area contributed by atoms with Gasteiger partial charge in [-0.3, -0.25) is 4.90 Å². The lowest BCUT2D eigenvalue weighted by atomic mass is 9.72. The molecule has 1 fully saturated rings. The van der Waals surface area contributed by atoms with Gasteiger partial charge in [0, 0.05) is 30.6 Å². The first kappa shape index (κ1) is 22.8. The van der Waals surface area contributed by atoms with Crippen molar-refractivity contribution in [2.45, 2.75) is 18.4 Å². The van der Waals surface area contributed by atoms with Gasteiger partial charge in [-0.15, -0.1) is 0 Å². The first-order valence-electron chi connectivity index (χ1n) is 11.0. The topological polar surface area (TPSA) is 41.9 Å². The molecule has 0 amide bonds. The lowest BCUT2D eigenvalue weighted by molar-refractivity contribution is 0.000733. The summed E-state index contributed by atoms with van der Waals surface area (Å²) in [5, 5.41) is 13.3. The number of methoxy groups -OCH3 is 1. The van der Waals surface area contributed by atoms with Gasteiger partial charge in [0.15, 0.2) is 0 Å². The molecule has 0 unspecified atom stereocenters. The predicted octanol–water partition coefficient (Wildman–Crippen LogP) is 5.01. The summed E-state index contributed by atoms with van der Waals surface area (Å²) in [6.07, 6.45) is 0. The van der Waals surface area contributed by atoms with Gasteiger partial charge in [0.2, 0.25) is 0 Å². The van der Waals surface area contributed by atoms with Crippen LogP contribution in [-0.4, -0.2) is 50.0 Å². The second kappa shape index (κ2) is 10.1. The zero-order chi connectivity index (χ0) is 22.6. The Balaban J connectivity index is 1.87. The highest BCUT2D eigenvalue weighted by Crippen LogP contribution is 2.44. The SMILES string of the molecule is COc1ccc([C@@](O)(c2cccc(C)c2)[C@@H](CN2CCOCC2)c2ccc(Cl)cc2)cc1. The zero-order valence-electron chi connectivity index (χ0n) is 18.6. The fourth-order valence-corrected chi connectivity index (χ4v) is 4.64. The minimum Gasteiger partial charge on any atom is -0.497 e. The van der Waals surface area contributed by atoms with Crippen molar-refractivity contribution in [1.82, 2.24) is 4.90 Å². The molecule has 0 aromatic heterocycles. The van der Waals surface area contributed by atoms with Crippen LogP contribution in [-0.2, 0) is 10.3 Å². The van der Waals surface area contributed by atoms with Crippen LogP contribution in [0.2, 0.25) is 5.02 Å². The molecular formula is C27H30ClNO3. The number of nitrogens with zero attached hydrogens (tertiary/aromatic N) is 1. The predicted molar refractivity (Wildman–Crippen MR) is 129 cm³/mol. The molecule has 5 heteroatoms. The largest absolute Gasteiger partial charge is 0.497 e. The molecule has 168 valence electrons. The average molecular weight is 452 g/mol. The third-order valence-corrected chi connectivity index (χ3v) is 6.56. The molecule has 1 aliphatic heterocycles. The number of aliphatic hydroxyl groups is 1. The van der Waals surface area contributed by atoms with Gasteiger partial charge in [0.25, 0.3) is 0 Å². The summed E-state index contributed by atoms with van der Waals surface area (Å²) in [5.74, 6) is 0.546. The number of aryl methyl sites for hydroxylation is 1. The number of hydrogen-bond acceptors (Lipinski definition) is 4. The van der Waals surface area contributed by atoms with Crippen molar-refractivity contribution in [3.63, 3.8) is 0 Å². The molecule has 1 heterocycles. The molecule has 0 saturated carbocycles. The summed E-state index contributed by atoms with van der Waals surface area (Å²) >= 11 is 6.21. The van der Waals surface area contributed by atoms with E-state index in [0.717, 1.165) is 41.1 Å². The van der Waals surface area contributed by atoms with Crippen LogP contribution in [0.5, 0.6) is 5.75 Å². The summed E-state index contributed by atoms with van der Waals surface area (Å²) in [4.78, 5) is 2.37. The highest BCUT2D eigenvalue weighted by molar-refractivity contribution is 6.30. The number of benzene rings is 3. The molecule has 4 rings (SSSR count). The Morgan fingerprint density at radius 2 is 1.69 bits per heavy atom. The van der Waals surface area contributed by atoms with E-state index in [2.05, 4.69) is 24.0 Å². The third kappa shape index (κ3) is 4.84. The number of morpholine rings is 1. The quantitative estimate of drug-likeness (QED) is 0.548. The Morgan fingerprint density at radius 1 is 1.00 bits per heavy atom. The van der Waals surface area contributed by atoms with Gasteiger partial charge in [-0.1, -0.05) is 65.7 Å². The van der Waals surface area contributed by atoms with E-state index >= 15 is 0 Å². The Kier molecular flexibility index (Phi) is 7.17. The lowest BCUT2D eigenvalue weighted by Gasteiger charge is -2.41. The van der Waals surface area contributed by atoms with Crippen LogP contribution in [0.25, 0.3) is 0 Å². The van der Waals surface area contributed by atoms with Crippen molar-refractivity contribution in [2.24, 2.45) is 0 Å². The van der Waals surface area contributed by atoms with Crippen LogP contribution in [0.15, 0.2) is 72.8 Å². The second-order valence-corrected chi connectivity index (χ2v) is 8.82. The zero-order valence-corrected chi connectivity index (χ0v) is 19.4. The van der Waals surface area contributed by atoms with Crippen molar-refractivity contribution in [3.05, 3.63) is 100 Å². The summed E-state index contributed by atoms with van der Waals surface area (Å²) in [6, 6.07) is 23.7. The highest BCUT2D eigenvalue weighted by atomic mass is 35.5. The number of rotatable bonds is 7. The van der Waals surface area contributed by atoms with Crippen molar-refractivity contribution in [3.8, 4) is 5.75 Å². The third-order valence-electron chi connectivity index (χ3n) is 6.31. The maximum atomic E-state index is 12.6. The van der Waals surface area contributed by atoms with E-state index in [1.807, 2.05) is 60.7 Å². The van der Waals surface area contributed by atoms with Gasteiger partial charge in [0.1, 0.15) is 11.4 Å². The van der Waals surface area contributed by atoms with Gasteiger partial charge >= 0.3 is 0 Å². The molecule has 0 bridgehead atoms. The lowest BCUT2D eigenvalue weighted by Crippen LogP contribution is -2.45. The Hall–Kier alpha value is -2.37. The highest BCUT2D eigenvalue weighted by Gasteiger charge is 2.42. The second-order valence-electron chi connectivity index (χ2n) is 8.38. The maximum Gasteiger partial charge on any atom is 0.123 e. The van der Waals surface area contributed by atoms with Crippen LogP contribution in [0, 0.1) is 6.92 Å². The van der Waals surface area contributed by atoms with Gasteiger partial charge in [-0.2, -0.15) is 0 Å². The van der Waals surface area contributed by atoms with Gasteiger partial charge in [-0.25, -0.2) is 0 Å². The summed E-state index contributed by atoms with van der Waals surface area (Å²) < 4.78 is 10.9. The molecule has 1 N–H and O–H groups in total. The average Bonchev–Trinajstić information content (AvgIpc) is 2.83. The minimum atomic E-state index is -1.25. The molecule has 2 atom stereocenters. The Labute approximate surface area is 195 Å². The van der Waals surface area contributed by atoms with Gasteiger partial charge in [0.05, 0.1) is 20.3 Å². The van der Waals surface area contributed by atoms with Crippen molar-refractivity contribution in [2.75, 3.05) is 40.0 Å². The van der Waals surface area contributed by atoms with Crippen molar-refractivity contribution in [1.29, 1.82) is 0 Å². The monoisotopic (exact) mass is 451 g/mol. The van der Waals surface area contributed by atoms with E-state index in [9.17, 15) is 5.11 Å². The number of ether oxygens (including phenoxy) is 2.